The lowest BCUT2D eigenvalue weighted by molar-refractivity contribution is -0.164. The molecule has 2 aromatic carbocycles. The Kier molecular flexibility index (Phi) is 7.72. The number of carbonyl (C=O) groups excluding carboxylic acids is 1. The lowest BCUT2D eigenvalue weighted by Gasteiger charge is -2.43. The molecule has 0 saturated carbocycles. The largest absolute Gasteiger partial charge is 0.456 e. The number of hydrogen-bond acceptors (Lipinski definition) is 3. The standard InChI is InChI=1S/C24H30F2O3Si/c1-6-24(25,26)22(29-19(2)27)17-18-28-30(23(3,4)5,20-13-9-7-10-14-20)21-15-11-8-12-16-21/h6-16,22H,1,17-18H2,2-5H3/t22-/m0/s1. The van der Waals surface area contributed by atoms with E-state index in [0.29, 0.717) is 6.08 Å². The highest BCUT2D eigenvalue weighted by atomic mass is 28.4. The van der Waals surface area contributed by atoms with E-state index in [9.17, 15) is 13.6 Å². The van der Waals surface area contributed by atoms with Gasteiger partial charge in [-0.25, -0.2) is 0 Å². The lowest BCUT2D eigenvalue weighted by atomic mass is 10.1. The molecule has 2 rings (SSSR count). The minimum absolute atomic E-state index is 0.0225. The van der Waals surface area contributed by atoms with Crippen LogP contribution in [0.2, 0.25) is 5.04 Å². The van der Waals surface area contributed by atoms with Crippen LogP contribution in [0.3, 0.4) is 0 Å². The predicted octanol–water partition coefficient (Wildman–Crippen LogP) is 4.71. The molecule has 0 saturated heterocycles. The zero-order valence-corrected chi connectivity index (χ0v) is 19.0. The van der Waals surface area contributed by atoms with E-state index in [0.717, 1.165) is 17.3 Å². The van der Waals surface area contributed by atoms with Crippen LogP contribution in [-0.2, 0) is 14.0 Å². The van der Waals surface area contributed by atoms with Crippen molar-refractivity contribution in [2.24, 2.45) is 0 Å². The molecular weight excluding hydrogens is 402 g/mol. The maximum atomic E-state index is 14.2. The van der Waals surface area contributed by atoms with Crippen molar-refractivity contribution in [1.82, 2.24) is 0 Å². The van der Waals surface area contributed by atoms with Crippen molar-refractivity contribution >= 4 is 24.7 Å². The van der Waals surface area contributed by atoms with Crippen molar-refractivity contribution in [2.45, 2.75) is 51.2 Å². The van der Waals surface area contributed by atoms with E-state index < -0.39 is 26.3 Å². The van der Waals surface area contributed by atoms with Crippen LogP contribution < -0.4 is 10.4 Å². The van der Waals surface area contributed by atoms with E-state index in [-0.39, 0.29) is 18.1 Å². The second kappa shape index (κ2) is 9.66. The Morgan fingerprint density at radius 2 is 1.50 bits per heavy atom. The van der Waals surface area contributed by atoms with Crippen LogP contribution >= 0.6 is 0 Å². The molecule has 6 heteroatoms. The predicted molar refractivity (Wildman–Crippen MR) is 119 cm³/mol. The van der Waals surface area contributed by atoms with E-state index in [1.54, 1.807) is 0 Å². The van der Waals surface area contributed by atoms with Gasteiger partial charge in [0.25, 0.3) is 8.32 Å². The van der Waals surface area contributed by atoms with Crippen LogP contribution in [0, 0.1) is 0 Å². The molecule has 0 aliphatic carbocycles. The third kappa shape index (κ3) is 5.23. The first-order valence-electron chi connectivity index (χ1n) is 9.98. The van der Waals surface area contributed by atoms with Gasteiger partial charge in [-0.15, -0.1) is 0 Å². The summed E-state index contributed by atoms with van der Waals surface area (Å²) < 4.78 is 40.0. The number of halogens is 2. The molecule has 30 heavy (non-hydrogen) atoms. The fraction of sp³-hybridized carbons (Fsp3) is 0.375. The molecule has 0 N–H and O–H groups in total. The van der Waals surface area contributed by atoms with Crippen molar-refractivity contribution in [3.8, 4) is 0 Å². The molecule has 0 bridgehead atoms. The highest BCUT2D eigenvalue weighted by Gasteiger charge is 2.50. The Hall–Kier alpha value is -2.31. The van der Waals surface area contributed by atoms with Gasteiger partial charge in [0, 0.05) is 20.0 Å². The van der Waals surface area contributed by atoms with Gasteiger partial charge in [-0.2, -0.15) is 8.78 Å². The van der Waals surface area contributed by atoms with Crippen molar-refractivity contribution in [1.29, 1.82) is 0 Å². The Morgan fingerprint density at radius 3 is 1.87 bits per heavy atom. The average Bonchev–Trinajstić information content (AvgIpc) is 2.70. The number of benzene rings is 2. The molecule has 2 aromatic rings. The molecule has 162 valence electrons. The van der Waals surface area contributed by atoms with Crippen LogP contribution in [0.5, 0.6) is 0 Å². The van der Waals surface area contributed by atoms with Crippen LogP contribution in [0.25, 0.3) is 0 Å². The first-order chi connectivity index (χ1) is 14.0. The summed E-state index contributed by atoms with van der Waals surface area (Å²) in [5, 5.41) is 1.85. The number of ether oxygens (including phenoxy) is 1. The average molecular weight is 433 g/mol. The SMILES string of the molecule is C=CC(F)(F)[C@H](CCO[Si](c1ccccc1)(c1ccccc1)C(C)(C)C)OC(C)=O. The highest BCUT2D eigenvalue weighted by molar-refractivity contribution is 6.99. The van der Waals surface area contributed by atoms with Crippen molar-refractivity contribution in [3.05, 3.63) is 73.3 Å². The molecule has 0 radical (unpaired) electrons. The molecule has 0 aliphatic heterocycles. The molecule has 0 heterocycles. The molecule has 0 fully saturated rings. The number of rotatable bonds is 9. The summed E-state index contributed by atoms with van der Waals surface area (Å²) in [5.41, 5.74) is 0. The third-order valence-corrected chi connectivity index (χ3v) is 10.2. The molecule has 0 amide bonds. The Balaban J connectivity index is 2.44. The van der Waals surface area contributed by atoms with E-state index in [4.69, 9.17) is 9.16 Å². The quantitative estimate of drug-likeness (QED) is 0.327. The molecule has 0 unspecified atom stereocenters. The van der Waals surface area contributed by atoms with Gasteiger partial charge in [0.05, 0.1) is 0 Å². The summed E-state index contributed by atoms with van der Waals surface area (Å²) in [7, 11) is -2.84. The van der Waals surface area contributed by atoms with E-state index >= 15 is 0 Å². The number of hydrogen-bond donors (Lipinski definition) is 0. The van der Waals surface area contributed by atoms with E-state index in [1.165, 1.54) is 0 Å². The first kappa shape index (κ1) is 24.0. The maximum absolute atomic E-state index is 14.2. The van der Waals surface area contributed by atoms with Gasteiger partial charge in [-0.1, -0.05) is 88.0 Å². The summed E-state index contributed by atoms with van der Waals surface area (Å²) in [6, 6.07) is 19.9. The minimum atomic E-state index is -3.33. The molecule has 0 spiro atoms. The third-order valence-electron chi connectivity index (χ3n) is 5.13. The summed E-state index contributed by atoms with van der Waals surface area (Å²) >= 11 is 0. The van der Waals surface area contributed by atoms with E-state index in [2.05, 4.69) is 27.4 Å². The lowest BCUT2D eigenvalue weighted by Crippen LogP contribution is -2.66. The minimum Gasteiger partial charge on any atom is -0.456 e. The van der Waals surface area contributed by atoms with Crippen LogP contribution in [0.15, 0.2) is 73.3 Å². The van der Waals surface area contributed by atoms with Crippen molar-refractivity contribution < 1.29 is 22.7 Å². The summed E-state index contributed by atoms with van der Waals surface area (Å²) in [6.45, 7) is 10.7. The van der Waals surface area contributed by atoms with Gasteiger partial charge < -0.3 is 9.16 Å². The summed E-state index contributed by atoms with van der Waals surface area (Å²) in [6.07, 6.45) is -1.24. The zero-order chi connectivity index (χ0) is 22.4. The van der Waals surface area contributed by atoms with Crippen molar-refractivity contribution in [3.63, 3.8) is 0 Å². The fourth-order valence-corrected chi connectivity index (χ4v) is 8.32. The summed E-state index contributed by atoms with van der Waals surface area (Å²) in [4.78, 5) is 11.4. The Labute approximate surface area is 178 Å². The van der Waals surface area contributed by atoms with E-state index in [1.807, 2.05) is 60.7 Å². The van der Waals surface area contributed by atoms with Gasteiger partial charge in [0.15, 0.2) is 6.10 Å². The molecule has 0 aliphatic rings. The number of carbonyl (C=O) groups is 1. The second-order valence-electron chi connectivity index (χ2n) is 8.28. The second-order valence-corrected chi connectivity index (χ2v) is 12.6. The van der Waals surface area contributed by atoms with Crippen molar-refractivity contribution in [2.75, 3.05) is 6.61 Å². The van der Waals surface area contributed by atoms with Crippen LogP contribution in [0.4, 0.5) is 8.78 Å². The van der Waals surface area contributed by atoms with Gasteiger partial charge in [-0.05, 0) is 21.5 Å². The number of alkyl halides is 2. The highest BCUT2D eigenvalue weighted by Crippen LogP contribution is 2.37. The van der Waals surface area contributed by atoms with Crippen LogP contribution in [0.1, 0.15) is 34.1 Å². The Morgan fingerprint density at radius 1 is 1.03 bits per heavy atom. The smallest absolute Gasteiger partial charge is 0.303 e. The summed E-state index contributed by atoms with van der Waals surface area (Å²) in [5.74, 6) is -4.09. The van der Waals surface area contributed by atoms with Gasteiger partial charge in [0.2, 0.25) is 0 Å². The molecule has 1 atom stereocenters. The topological polar surface area (TPSA) is 35.5 Å². The zero-order valence-electron chi connectivity index (χ0n) is 18.0. The molecule has 3 nitrogen and oxygen atoms in total. The van der Waals surface area contributed by atoms with Gasteiger partial charge in [-0.3, -0.25) is 4.79 Å². The molecular formula is C24H30F2O3Si. The molecule has 0 aromatic heterocycles. The van der Waals surface area contributed by atoms with Gasteiger partial charge >= 0.3 is 11.9 Å². The maximum Gasteiger partial charge on any atom is 0.303 e. The fourth-order valence-electron chi connectivity index (χ4n) is 3.74. The number of esters is 1. The van der Waals surface area contributed by atoms with Crippen LogP contribution in [-0.4, -0.2) is 32.9 Å². The monoisotopic (exact) mass is 432 g/mol. The normalized spacial score (nSPS) is 13.5. The van der Waals surface area contributed by atoms with Gasteiger partial charge in [0.1, 0.15) is 0 Å². The first-order valence-corrected chi connectivity index (χ1v) is 11.9. The Bertz CT molecular complexity index is 793.